The van der Waals surface area contributed by atoms with Gasteiger partial charge in [0.1, 0.15) is 23.6 Å². The molecule has 0 saturated heterocycles. The van der Waals surface area contributed by atoms with E-state index in [4.69, 9.17) is 16.9 Å². The Balaban J connectivity index is 1.62. The molecule has 1 aromatic heterocycles. The zero-order chi connectivity index (χ0) is 22.9. The number of nitrogens with two attached hydrogens (primary N) is 1. The highest BCUT2D eigenvalue weighted by Crippen LogP contribution is 2.43. The lowest BCUT2D eigenvalue weighted by atomic mass is 9.77. The number of ether oxygens (including phenoxy) is 1. The number of aromatic nitrogens is 1. The summed E-state index contributed by atoms with van der Waals surface area (Å²) in [7, 11) is -2.20. The molecule has 1 amide bonds. The summed E-state index contributed by atoms with van der Waals surface area (Å²) in [6, 6.07) is 8.62. The standard InChI is InChI=1S/C22H23N5O4S/c1-3-11-31-17-8-9-19(24-13-17)20(28)25-16-7-6-15-5-4-10-22(18(15)12-16)14-32(29,30)27(2)21(23)26-22/h1,6-9,12-13H,4-5,10-11,14H2,2H3,(H2,23,26)(H,25,28)/t22-/m0/s1. The number of pyridine rings is 1. The van der Waals surface area contributed by atoms with Crippen LogP contribution in [0, 0.1) is 12.3 Å². The number of guanidine groups is 1. The van der Waals surface area contributed by atoms with Crippen molar-refractivity contribution in [3.63, 3.8) is 0 Å². The molecule has 0 saturated carbocycles. The van der Waals surface area contributed by atoms with Gasteiger partial charge in [0, 0.05) is 12.7 Å². The number of terminal acetylenes is 1. The highest BCUT2D eigenvalue weighted by Gasteiger charge is 2.45. The van der Waals surface area contributed by atoms with Crippen molar-refractivity contribution in [3.05, 3.63) is 53.3 Å². The third-order valence-corrected chi connectivity index (χ3v) is 7.55. The second-order valence-corrected chi connectivity index (χ2v) is 9.78. The maximum absolute atomic E-state index is 12.7. The zero-order valence-corrected chi connectivity index (χ0v) is 18.4. The third kappa shape index (κ3) is 3.99. The largest absolute Gasteiger partial charge is 0.479 e. The minimum atomic E-state index is -3.60. The Labute approximate surface area is 186 Å². The summed E-state index contributed by atoms with van der Waals surface area (Å²) in [4.78, 5) is 21.4. The molecule has 2 aliphatic rings. The number of sulfonamides is 1. The summed E-state index contributed by atoms with van der Waals surface area (Å²) < 4.78 is 31.6. The third-order valence-electron chi connectivity index (χ3n) is 5.69. The van der Waals surface area contributed by atoms with Crippen LogP contribution >= 0.6 is 0 Å². The molecular formula is C22H23N5O4S. The highest BCUT2D eigenvalue weighted by molar-refractivity contribution is 7.89. The van der Waals surface area contributed by atoms with Crippen LogP contribution in [0.15, 0.2) is 41.5 Å². The maximum atomic E-state index is 12.7. The highest BCUT2D eigenvalue weighted by atomic mass is 32.2. The van der Waals surface area contributed by atoms with Gasteiger partial charge in [-0.05, 0) is 54.7 Å². The quantitative estimate of drug-likeness (QED) is 0.675. The molecule has 1 aliphatic heterocycles. The van der Waals surface area contributed by atoms with Crippen molar-refractivity contribution in [2.75, 3.05) is 24.7 Å². The normalized spacial score (nSPS) is 21.2. The number of hydrogen-bond acceptors (Lipinski definition) is 7. The van der Waals surface area contributed by atoms with E-state index in [9.17, 15) is 13.2 Å². The molecule has 9 nitrogen and oxygen atoms in total. The lowest BCUT2D eigenvalue weighted by molar-refractivity contribution is 0.102. The number of carbonyl (C=O) groups is 1. The number of hydrogen-bond donors (Lipinski definition) is 2. The fourth-order valence-electron chi connectivity index (χ4n) is 4.06. The monoisotopic (exact) mass is 453 g/mol. The van der Waals surface area contributed by atoms with E-state index in [2.05, 4.69) is 21.2 Å². The van der Waals surface area contributed by atoms with E-state index in [1.807, 2.05) is 6.07 Å². The van der Waals surface area contributed by atoms with Gasteiger partial charge in [-0.3, -0.25) is 4.79 Å². The molecule has 1 atom stereocenters. The maximum Gasteiger partial charge on any atom is 0.274 e. The molecule has 10 heteroatoms. The van der Waals surface area contributed by atoms with Crippen LogP contribution in [0.1, 0.15) is 34.5 Å². The molecular weight excluding hydrogens is 430 g/mol. The van der Waals surface area contributed by atoms with Gasteiger partial charge in [0.05, 0.1) is 11.9 Å². The number of amides is 1. The molecule has 0 radical (unpaired) electrons. The molecule has 3 N–H and O–H groups in total. The van der Waals surface area contributed by atoms with E-state index in [-0.39, 0.29) is 24.0 Å². The second kappa shape index (κ2) is 8.16. The van der Waals surface area contributed by atoms with E-state index in [1.54, 1.807) is 18.2 Å². The van der Waals surface area contributed by atoms with Crippen LogP contribution in [0.2, 0.25) is 0 Å². The van der Waals surface area contributed by atoms with E-state index < -0.39 is 21.5 Å². The smallest absolute Gasteiger partial charge is 0.274 e. The number of carbonyl (C=O) groups excluding carboxylic acids is 1. The Bertz CT molecular complexity index is 1230. The minimum absolute atomic E-state index is 0.0325. The minimum Gasteiger partial charge on any atom is -0.479 e. The zero-order valence-electron chi connectivity index (χ0n) is 17.5. The number of aliphatic imine (C=N–C) groups is 1. The predicted octanol–water partition coefficient (Wildman–Crippen LogP) is 1.47. The lowest BCUT2D eigenvalue weighted by Crippen LogP contribution is -2.52. The molecule has 0 unspecified atom stereocenters. The van der Waals surface area contributed by atoms with E-state index >= 15 is 0 Å². The molecule has 2 heterocycles. The van der Waals surface area contributed by atoms with Crippen molar-refractivity contribution >= 4 is 27.6 Å². The molecule has 32 heavy (non-hydrogen) atoms. The molecule has 4 rings (SSSR count). The van der Waals surface area contributed by atoms with E-state index in [0.29, 0.717) is 17.9 Å². The number of anilines is 1. The van der Waals surface area contributed by atoms with Crippen molar-refractivity contribution in [1.29, 1.82) is 0 Å². The Morgan fingerprint density at radius 1 is 1.38 bits per heavy atom. The summed E-state index contributed by atoms with van der Waals surface area (Å²) in [5.74, 6) is 2.22. The number of benzene rings is 1. The number of nitrogens with zero attached hydrogens (tertiary/aromatic N) is 3. The van der Waals surface area contributed by atoms with Crippen LogP contribution in [0.3, 0.4) is 0 Å². The number of aryl methyl sites for hydroxylation is 1. The molecule has 0 bridgehead atoms. The Morgan fingerprint density at radius 3 is 2.88 bits per heavy atom. The van der Waals surface area contributed by atoms with Crippen LogP contribution in [0.4, 0.5) is 5.69 Å². The first-order valence-corrected chi connectivity index (χ1v) is 11.6. The van der Waals surface area contributed by atoms with Crippen LogP contribution in [-0.4, -0.2) is 49.0 Å². The van der Waals surface area contributed by atoms with Gasteiger partial charge in [-0.1, -0.05) is 12.0 Å². The van der Waals surface area contributed by atoms with Gasteiger partial charge in [0.2, 0.25) is 16.0 Å². The fraction of sp³-hybridized carbons (Fsp3) is 0.318. The Morgan fingerprint density at radius 2 is 2.19 bits per heavy atom. The second-order valence-electron chi connectivity index (χ2n) is 7.78. The van der Waals surface area contributed by atoms with Crippen molar-refractivity contribution in [2.24, 2.45) is 10.7 Å². The van der Waals surface area contributed by atoms with Gasteiger partial charge in [-0.2, -0.15) is 0 Å². The first kappa shape index (κ1) is 21.6. The summed E-state index contributed by atoms with van der Waals surface area (Å²) in [6.45, 7) is 0.114. The van der Waals surface area contributed by atoms with Crippen molar-refractivity contribution in [1.82, 2.24) is 9.29 Å². The van der Waals surface area contributed by atoms with Crippen LogP contribution in [-0.2, 0) is 22.0 Å². The summed E-state index contributed by atoms with van der Waals surface area (Å²) >= 11 is 0. The number of fused-ring (bicyclic) bond motifs is 2. The predicted molar refractivity (Wildman–Crippen MR) is 121 cm³/mol. The summed E-state index contributed by atoms with van der Waals surface area (Å²) in [6.07, 6.45) is 8.75. The first-order chi connectivity index (χ1) is 15.2. The summed E-state index contributed by atoms with van der Waals surface area (Å²) in [5, 5.41) is 2.82. The first-order valence-electron chi connectivity index (χ1n) is 10.0. The average Bonchev–Trinajstić information content (AvgIpc) is 2.77. The molecule has 0 fully saturated rings. The van der Waals surface area contributed by atoms with Crippen molar-refractivity contribution < 1.29 is 17.9 Å². The van der Waals surface area contributed by atoms with Gasteiger partial charge < -0.3 is 15.8 Å². The van der Waals surface area contributed by atoms with Crippen molar-refractivity contribution in [2.45, 2.75) is 24.8 Å². The topological polar surface area (TPSA) is 127 Å². The van der Waals surface area contributed by atoms with Gasteiger partial charge in [-0.25, -0.2) is 22.7 Å². The fourth-order valence-corrected chi connectivity index (χ4v) is 5.55. The average molecular weight is 454 g/mol. The van der Waals surface area contributed by atoms with Crippen LogP contribution < -0.4 is 15.8 Å². The van der Waals surface area contributed by atoms with E-state index in [1.165, 1.54) is 19.3 Å². The van der Waals surface area contributed by atoms with Crippen molar-refractivity contribution in [3.8, 4) is 18.1 Å². The number of rotatable bonds is 4. The summed E-state index contributed by atoms with van der Waals surface area (Å²) in [5.41, 5.74) is 7.49. The van der Waals surface area contributed by atoms with Crippen LogP contribution in [0.25, 0.3) is 0 Å². The molecule has 166 valence electrons. The Kier molecular flexibility index (Phi) is 5.52. The molecule has 1 spiro atoms. The lowest BCUT2D eigenvalue weighted by Gasteiger charge is -2.40. The van der Waals surface area contributed by atoms with Crippen LogP contribution in [0.5, 0.6) is 5.75 Å². The molecule has 1 aromatic carbocycles. The molecule has 2 aromatic rings. The van der Waals surface area contributed by atoms with Gasteiger partial charge >= 0.3 is 0 Å². The van der Waals surface area contributed by atoms with Gasteiger partial charge in [0.25, 0.3) is 5.91 Å². The van der Waals surface area contributed by atoms with E-state index in [0.717, 1.165) is 28.3 Å². The SMILES string of the molecule is C#CCOc1ccc(C(=O)Nc2ccc3c(c2)[C@]2(CCC3)CS(=O)(=O)N(C)C(N)=N2)nc1. The Hall–Kier alpha value is -3.58. The van der Waals surface area contributed by atoms with Gasteiger partial charge in [0.15, 0.2) is 0 Å². The number of nitrogens with one attached hydrogen (secondary N) is 1. The van der Waals surface area contributed by atoms with Gasteiger partial charge in [-0.15, -0.1) is 6.42 Å². The molecule has 1 aliphatic carbocycles.